The van der Waals surface area contributed by atoms with Crippen molar-refractivity contribution in [3.63, 3.8) is 0 Å². The van der Waals surface area contributed by atoms with E-state index in [1.807, 2.05) is 6.92 Å². The molecule has 3 aromatic rings. The molecular formula is C19H18N2O4S. The van der Waals surface area contributed by atoms with E-state index >= 15 is 0 Å². The van der Waals surface area contributed by atoms with E-state index in [1.54, 1.807) is 55.7 Å². The van der Waals surface area contributed by atoms with E-state index in [0.29, 0.717) is 11.1 Å². The molecule has 0 atom stereocenters. The Bertz CT molecular complexity index is 1020. The van der Waals surface area contributed by atoms with Crippen LogP contribution < -0.4 is 0 Å². The van der Waals surface area contributed by atoms with Gasteiger partial charge in [0, 0.05) is 30.4 Å². The van der Waals surface area contributed by atoms with Crippen molar-refractivity contribution < 1.29 is 17.9 Å². The zero-order valence-corrected chi connectivity index (χ0v) is 15.2. The maximum absolute atomic E-state index is 12.9. The van der Waals surface area contributed by atoms with E-state index in [4.69, 9.17) is 4.74 Å². The van der Waals surface area contributed by atoms with Gasteiger partial charge in [-0.3, -0.25) is 4.98 Å². The van der Waals surface area contributed by atoms with Crippen molar-refractivity contribution >= 4 is 16.0 Å². The Morgan fingerprint density at radius 2 is 1.73 bits per heavy atom. The second-order valence-corrected chi connectivity index (χ2v) is 7.53. The lowest BCUT2D eigenvalue weighted by Crippen LogP contribution is -2.11. The summed E-state index contributed by atoms with van der Waals surface area (Å²) >= 11 is 0. The van der Waals surface area contributed by atoms with Gasteiger partial charge in [0.15, 0.2) is 0 Å². The summed E-state index contributed by atoms with van der Waals surface area (Å²) in [4.78, 5) is 16.4. The van der Waals surface area contributed by atoms with Gasteiger partial charge in [0.1, 0.15) is 0 Å². The lowest BCUT2D eigenvalue weighted by Gasteiger charge is -2.05. The lowest BCUT2D eigenvalue weighted by molar-refractivity contribution is 0.0527. The topological polar surface area (TPSA) is 78.3 Å². The molecule has 0 N–H and O–H groups in total. The van der Waals surface area contributed by atoms with E-state index in [9.17, 15) is 13.2 Å². The van der Waals surface area contributed by atoms with Crippen molar-refractivity contribution in [2.75, 3.05) is 6.61 Å². The summed E-state index contributed by atoms with van der Waals surface area (Å²) in [7, 11) is -3.82. The molecule has 0 saturated heterocycles. The molecule has 2 heterocycles. The number of hydrogen-bond donors (Lipinski definition) is 0. The predicted molar refractivity (Wildman–Crippen MR) is 97.4 cm³/mol. The van der Waals surface area contributed by atoms with Crippen molar-refractivity contribution in [3.05, 3.63) is 72.3 Å². The fourth-order valence-electron chi connectivity index (χ4n) is 2.53. The second kappa shape index (κ2) is 7.13. The minimum absolute atomic E-state index is 0.148. The first-order chi connectivity index (χ1) is 12.4. The van der Waals surface area contributed by atoms with Gasteiger partial charge in [0.05, 0.1) is 17.1 Å². The Balaban J connectivity index is 2.14. The highest BCUT2D eigenvalue weighted by atomic mass is 32.2. The summed E-state index contributed by atoms with van der Waals surface area (Å²) in [5, 5.41) is 0. The van der Waals surface area contributed by atoms with Gasteiger partial charge in [0.25, 0.3) is 10.0 Å². The third kappa shape index (κ3) is 3.39. The van der Waals surface area contributed by atoms with E-state index in [-0.39, 0.29) is 17.1 Å². The van der Waals surface area contributed by atoms with Crippen molar-refractivity contribution in [2.24, 2.45) is 0 Å². The molecule has 0 fully saturated rings. The smallest absolute Gasteiger partial charge is 0.340 e. The molecule has 0 bridgehead atoms. The molecule has 0 radical (unpaired) electrons. The quantitative estimate of drug-likeness (QED) is 0.644. The molecule has 0 aliphatic heterocycles. The summed E-state index contributed by atoms with van der Waals surface area (Å²) in [5.41, 5.74) is 2.30. The molecule has 1 aromatic carbocycles. The lowest BCUT2D eigenvalue weighted by atomic mass is 10.1. The molecule has 134 valence electrons. The van der Waals surface area contributed by atoms with Crippen molar-refractivity contribution in [1.82, 2.24) is 8.96 Å². The number of aryl methyl sites for hydroxylation is 1. The SMILES string of the molecule is CCOC(=O)c1cn(S(=O)(=O)c2ccc(C)cc2)cc1-c1ccncc1. The highest BCUT2D eigenvalue weighted by Crippen LogP contribution is 2.27. The average Bonchev–Trinajstić information content (AvgIpc) is 3.09. The molecule has 0 saturated carbocycles. The molecule has 0 aliphatic rings. The number of carbonyl (C=O) groups is 1. The summed E-state index contributed by atoms with van der Waals surface area (Å²) in [6.45, 7) is 3.78. The number of carbonyl (C=O) groups excluding carboxylic acids is 1. The Kier molecular flexibility index (Phi) is 4.90. The predicted octanol–water partition coefficient (Wildman–Crippen LogP) is 3.27. The van der Waals surface area contributed by atoms with Crippen LogP contribution in [0.15, 0.2) is 66.1 Å². The number of nitrogens with zero attached hydrogens (tertiary/aromatic N) is 2. The normalized spacial score (nSPS) is 11.3. The van der Waals surface area contributed by atoms with Crippen LogP contribution in [0.5, 0.6) is 0 Å². The summed E-state index contributed by atoms with van der Waals surface area (Å²) < 4.78 is 32.0. The van der Waals surface area contributed by atoms with Crippen LogP contribution in [-0.4, -0.2) is 30.0 Å². The van der Waals surface area contributed by atoms with Gasteiger partial charge in [-0.25, -0.2) is 17.2 Å². The van der Waals surface area contributed by atoms with Crippen LogP contribution in [0, 0.1) is 6.92 Å². The van der Waals surface area contributed by atoms with Crippen LogP contribution in [0.1, 0.15) is 22.8 Å². The first-order valence-electron chi connectivity index (χ1n) is 8.05. The number of pyridine rings is 1. The molecule has 6 nitrogen and oxygen atoms in total. The number of esters is 1. The minimum atomic E-state index is -3.82. The third-order valence-electron chi connectivity index (χ3n) is 3.89. The fraction of sp³-hybridized carbons (Fsp3) is 0.158. The van der Waals surface area contributed by atoms with Gasteiger partial charge in [-0.2, -0.15) is 0 Å². The fourth-order valence-corrected chi connectivity index (χ4v) is 3.75. The third-order valence-corrected chi connectivity index (χ3v) is 5.52. The first kappa shape index (κ1) is 17.9. The van der Waals surface area contributed by atoms with Crippen molar-refractivity contribution in [2.45, 2.75) is 18.7 Å². The van der Waals surface area contributed by atoms with E-state index in [0.717, 1.165) is 9.54 Å². The molecular weight excluding hydrogens is 352 g/mol. The number of rotatable bonds is 5. The van der Waals surface area contributed by atoms with Gasteiger partial charge in [-0.05, 0) is 43.7 Å². The zero-order chi connectivity index (χ0) is 18.7. The van der Waals surface area contributed by atoms with Crippen LogP contribution in [0.25, 0.3) is 11.1 Å². The van der Waals surface area contributed by atoms with Crippen LogP contribution in [-0.2, 0) is 14.8 Å². The molecule has 2 aromatic heterocycles. The van der Waals surface area contributed by atoms with Crippen molar-refractivity contribution in [1.29, 1.82) is 0 Å². The Morgan fingerprint density at radius 3 is 2.35 bits per heavy atom. The Labute approximate surface area is 152 Å². The van der Waals surface area contributed by atoms with E-state index in [2.05, 4.69) is 4.98 Å². The number of aromatic nitrogens is 2. The Hall–Kier alpha value is -2.93. The number of ether oxygens (including phenoxy) is 1. The first-order valence-corrected chi connectivity index (χ1v) is 9.49. The summed E-state index contributed by atoms with van der Waals surface area (Å²) in [6, 6.07) is 9.96. The molecule has 7 heteroatoms. The maximum Gasteiger partial charge on any atom is 0.340 e. The largest absolute Gasteiger partial charge is 0.462 e. The van der Waals surface area contributed by atoms with Crippen LogP contribution >= 0.6 is 0 Å². The number of benzene rings is 1. The highest BCUT2D eigenvalue weighted by molar-refractivity contribution is 7.90. The van der Waals surface area contributed by atoms with Crippen molar-refractivity contribution in [3.8, 4) is 11.1 Å². The second-order valence-electron chi connectivity index (χ2n) is 5.69. The molecule has 3 rings (SSSR count). The van der Waals surface area contributed by atoms with Gasteiger partial charge < -0.3 is 4.74 Å². The average molecular weight is 370 g/mol. The van der Waals surface area contributed by atoms with Crippen LogP contribution in [0.2, 0.25) is 0 Å². The standard InChI is InChI=1S/C19H18N2O4S/c1-3-25-19(22)18-13-21(12-17(18)15-8-10-20-11-9-15)26(23,24)16-6-4-14(2)5-7-16/h4-13H,3H2,1-2H3. The van der Waals surface area contributed by atoms with Gasteiger partial charge in [-0.15, -0.1) is 0 Å². The zero-order valence-electron chi connectivity index (χ0n) is 14.4. The van der Waals surface area contributed by atoms with Gasteiger partial charge in [0.2, 0.25) is 0 Å². The Morgan fingerprint density at radius 1 is 1.08 bits per heavy atom. The van der Waals surface area contributed by atoms with E-state index < -0.39 is 16.0 Å². The van der Waals surface area contributed by atoms with Crippen LogP contribution in [0.3, 0.4) is 0 Å². The molecule has 0 unspecified atom stereocenters. The van der Waals surface area contributed by atoms with Gasteiger partial charge in [-0.1, -0.05) is 17.7 Å². The molecule has 0 aliphatic carbocycles. The highest BCUT2D eigenvalue weighted by Gasteiger charge is 2.23. The molecule has 0 amide bonds. The monoisotopic (exact) mass is 370 g/mol. The van der Waals surface area contributed by atoms with Gasteiger partial charge >= 0.3 is 5.97 Å². The minimum Gasteiger partial charge on any atom is -0.462 e. The molecule has 0 spiro atoms. The van der Waals surface area contributed by atoms with Crippen LogP contribution in [0.4, 0.5) is 0 Å². The van der Waals surface area contributed by atoms with E-state index in [1.165, 1.54) is 12.4 Å². The summed E-state index contributed by atoms with van der Waals surface area (Å²) in [6.07, 6.45) is 5.88. The number of hydrogen-bond acceptors (Lipinski definition) is 5. The maximum atomic E-state index is 12.9. The summed E-state index contributed by atoms with van der Waals surface area (Å²) in [5.74, 6) is -0.572. The molecule has 26 heavy (non-hydrogen) atoms.